The van der Waals surface area contributed by atoms with Crippen molar-refractivity contribution in [3.05, 3.63) is 58.7 Å². The minimum atomic E-state index is -0.499. The summed E-state index contributed by atoms with van der Waals surface area (Å²) in [5.74, 6) is 1.28. The highest BCUT2D eigenvalue weighted by molar-refractivity contribution is 7.08. The van der Waals surface area contributed by atoms with Gasteiger partial charge in [-0.25, -0.2) is 4.68 Å². The predicted molar refractivity (Wildman–Crippen MR) is 189 cm³/mol. The molecule has 1 saturated heterocycles. The molecule has 6 rings (SSSR count). The van der Waals surface area contributed by atoms with Gasteiger partial charge in [-0.3, -0.25) is 4.79 Å². The first-order valence-corrected chi connectivity index (χ1v) is 15.9. The molecule has 16 heteroatoms. The number of hydrogen-bond acceptors (Lipinski definition) is 7. The summed E-state index contributed by atoms with van der Waals surface area (Å²) in [4.78, 5) is 16.8. The van der Waals surface area contributed by atoms with E-state index in [1.165, 1.54) is 0 Å². The lowest BCUT2D eigenvalue weighted by molar-refractivity contribution is -0.138. The molecule has 1 fully saturated rings. The van der Waals surface area contributed by atoms with Crippen LogP contribution in [0, 0.1) is 0 Å². The van der Waals surface area contributed by atoms with Gasteiger partial charge < -0.3 is 28.4 Å². The summed E-state index contributed by atoms with van der Waals surface area (Å²) in [5.41, 5.74) is 5.26. The molecule has 5 heterocycles. The van der Waals surface area contributed by atoms with Crippen molar-refractivity contribution in [1.82, 2.24) is 19.2 Å². The monoisotopic (exact) mass is 606 g/mol. The molecule has 3 aromatic heterocycles. The molecular weight excluding hydrogens is 569 g/mol. The van der Waals surface area contributed by atoms with E-state index < -0.39 is 10.8 Å². The molecule has 0 unspecified atom stereocenters. The second-order valence-electron chi connectivity index (χ2n) is 13.7. The summed E-state index contributed by atoms with van der Waals surface area (Å²) in [6.45, 7) is 1.65. The Labute approximate surface area is 268 Å². The minimum Gasteiger partial charge on any atom is -0.496 e. The van der Waals surface area contributed by atoms with Gasteiger partial charge in [0.2, 0.25) is 0 Å². The lowest BCUT2D eigenvalue weighted by Crippen LogP contribution is -2.72. The minimum absolute atomic E-state index is 0.134. The second kappa shape index (κ2) is 11.3. The van der Waals surface area contributed by atoms with Gasteiger partial charge in [0.1, 0.15) is 65.2 Å². The fraction of sp³-hybridized carbons (Fsp3) is 0.357. The van der Waals surface area contributed by atoms with Crippen molar-refractivity contribution in [2.24, 2.45) is 7.05 Å². The summed E-state index contributed by atoms with van der Waals surface area (Å²) in [6, 6.07) is 8.11. The number of nitrogens with zero attached hydrogens (tertiary/aromatic N) is 4. The number of benzene rings is 1. The van der Waals surface area contributed by atoms with E-state index >= 15 is 0 Å². The first kappa shape index (κ1) is 30.8. The van der Waals surface area contributed by atoms with Crippen LogP contribution in [0.5, 0.6) is 11.5 Å². The van der Waals surface area contributed by atoms with Gasteiger partial charge in [-0.1, -0.05) is 0 Å². The fourth-order valence-corrected chi connectivity index (χ4v) is 6.89. The quantitative estimate of drug-likeness (QED) is 0.198. The molecule has 9 nitrogen and oxygen atoms in total. The van der Waals surface area contributed by atoms with E-state index in [0.717, 1.165) is 39.4 Å². The lowest BCUT2D eigenvalue weighted by atomic mass is 9.47. The molecular formula is C28H36B6N4O5S. The Morgan fingerprint density at radius 1 is 1.16 bits per heavy atom. The Morgan fingerprint density at radius 3 is 2.50 bits per heavy atom. The van der Waals surface area contributed by atoms with Crippen molar-refractivity contribution in [2.45, 2.75) is 29.1 Å². The molecule has 1 aromatic carbocycles. The van der Waals surface area contributed by atoms with Crippen LogP contribution in [0.3, 0.4) is 0 Å². The van der Waals surface area contributed by atoms with Crippen molar-refractivity contribution in [2.75, 3.05) is 26.9 Å². The van der Waals surface area contributed by atoms with Crippen LogP contribution in [0.15, 0.2) is 47.4 Å². The largest absolute Gasteiger partial charge is 0.496 e. The molecule has 4 aromatic rings. The highest BCUT2D eigenvalue weighted by Gasteiger charge is 2.51. The van der Waals surface area contributed by atoms with E-state index in [9.17, 15) is 4.79 Å². The third-order valence-electron chi connectivity index (χ3n) is 8.20. The number of rotatable bonds is 10. The van der Waals surface area contributed by atoms with Crippen LogP contribution in [-0.2, 0) is 23.1 Å². The third kappa shape index (κ3) is 5.56. The highest BCUT2D eigenvalue weighted by atomic mass is 32.1. The second-order valence-corrected chi connectivity index (χ2v) is 14.5. The summed E-state index contributed by atoms with van der Waals surface area (Å²) in [7, 11) is 16.0. The Balaban J connectivity index is 1.49. The molecule has 0 saturated carbocycles. The normalized spacial score (nSPS) is 15.5. The number of ether oxygens (including phenoxy) is 4. The maximum absolute atomic E-state index is 14.8. The average Bonchev–Trinajstić information content (AvgIpc) is 3.69. The van der Waals surface area contributed by atoms with Crippen LogP contribution in [-0.4, -0.2) is 115 Å². The number of fused-ring (bicyclic) bond motifs is 3. The maximum Gasteiger partial charge on any atom is 0.273 e. The van der Waals surface area contributed by atoms with E-state index in [4.69, 9.17) is 24.0 Å². The molecule has 0 N–H and O–H groups in total. The standard InChI is InChI=1S/C28H36B6N4O5S/c1-36-6-3-16(11-36)18-9-19-22(10-21(18)40-2)42-12-20-23(35-37(24(19)20)17-4-8-44-13-17)25(39)38(27(29,30)31)26(14-41-15-26)5-7-43-28(32,33)34/h3-4,6,8-11,13H,5,7,12,14-15,29-34H2,1-2H3. The average molecular weight is 606 g/mol. The van der Waals surface area contributed by atoms with Crippen LogP contribution >= 0.6 is 11.3 Å². The predicted octanol–water partition coefficient (Wildman–Crippen LogP) is -1.85. The maximum atomic E-state index is 14.8. The van der Waals surface area contributed by atoms with Gasteiger partial charge in [-0.15, -0.1) is 0 Å². The zero-order valence-electron chi connectivity index (χ0n) is 26.9. The van der Waals surface area contributed by atoms with E-state index in [1.54, 1.807) is 18.4 Å². The van der Waals surface area contributed by atoms with Crippen molar-refractivity contribution < 1.29 is 23.7 Å². The van der Waals surface area contributed by atoms with Gasteiger partial charge >= 0.3 is 0 Å². The molecule has 0 spiro atoms. The topological polar surface area (TPSA) is 80.0 Å². The SMILES string of the molecule is BC(B)(B)OCCC1(N(C(=O)c2nn(-c3ccsc3)c3c2COc2cc(OC)c(-c4ccn(C)c4)cc2-3)C(B)(B)B)COC1. The van der Waals surface area contributed by atoms with Gasteiger partial charge in [0, 0.05) is 59.7 Å². The number of methoxy groups -OCH3 is 1. The zero-order valence-corrected chi connectivity index (χ0v) is 27.7. The fourth-order valence-electron chi connectivity index (χ4n) is 6.28. The van der Waals surface area contributed by atoms with Gasteiger partial charge in [0.25, 0.3) is 5.91 Å². The van der Waals surface area contributed by atoms with Gasteiger partial charge in [-0.2, -0.15) is 16.4 Å². The van der Waals surface area contributed by atoms with Crippen LogP contribution < -0.4 is 9.47 Å². The Bertz CT molecular complexity index is 1690. The number of carbonyl (C=O) groups is 1. The van der Waals surface area contributed by atoms with E-state index in [-0.39, 0.29) is 17.8 Å². The molecule has 2 aliphatic heterocycles. The molecule has 222 valence electrons. The van der Waals surface area contributed by atoms with E-state index in [2.05, 4.69) is 41.9 Å². The molecule has 2 aliphatic rings. The number of aryl methyl sites for hydroxylation is 1. The molecule has 0 atom stereocenters. The summed E-state index contributed by atoms with van der Waals surface area (Å²) in [6.07, 6.45) is 4.74. The van der Waals surface area contributed by atoms with Gasteiger partial charge in [-0.05, 0) is 40.5 Å². The van der Waals surface area contributed by atoms with E-state index in [1.807, 2.05) is 73.8 Å². The highest BCUT2D eigenvalue weighted by Crippen LogP contribution is 2.47. The zero-order chi connectivity index (χ0) is 31.4. The Morgan fingerprint density at radius 2 is 1.93 bits per heavy atom. The molecule has 44 heavy (non-hydrogen) atoms. The lowest BCUT2D eigenvalue weighted by Gasteiger charge is -2.55. The van der Waals surface area contributed by atoms with Crippen LogP contribution in [0.1, 0.15) is 22.5 Å². The van der Waals surface area contributed by atoms with Crippen LogP contribution in [0.2, 0.25) is 0 Å². The van der Waals surface area contributed by atoms with Crippen LogP contribution in [0.25, 0.3) is 28.1 Å². The number of thiophene rings is 1. The molecule has 0 bridgehead atoms. The Hall–Kier alpha value is -3.21. The van der Waals surface area contributed by atoms with Crippen molar-refractivity contribution in [1.29, 1.82) is 0 Å². The van der Waals surface area contributed by atoms with Crippen molar-refractivity contribution in [3.8, 4) is 39.6 Å². The summed E-state index contributed by atoms with van der Waals surface area (Å²) < 4.78 is 27.9. The summed E-state index contributed by atoms with van der Waals surface area (Å²) in [5, 5.41) is 8.35. The molecule has 0 radical (unpaired) electrons. The van der Waals surface area contributed by atoms with Gasteiger partial charge in [0.15, 0.2) is 5.69 Å². The van der Waals surface area contributed by atoms with Crippen molar-refractivity contribution in [3.63, 3.8) is 0 Å². The number of amides is 1. The number of hydrogen-bond donors (Lipinski definition) is 0. The number of aromatic nitrogens is 3. The first-order valence-electron chi connectivity index (χ1n) is 15.0. The summed E-state index contributed by atoms with van der Waals surface area (Å²) >= 11 is 1.59. The Kier molecular flexibility index (Phi) is 7.91. The molecule has 1 amide bonds. The van der Waals surface area contributed by atoms with Crippen molar-refractivity contribution >= 4 is 64.3 Å². The van der Waals surface area contributed by atoms with Gasteiger partial charge in [0.05, 0.1) is 37.2 Å². The first-order chi connectivity index (χ1) is 20.8. The third-order valence-corrected chi connectivity index (χ3v) is 8.87. The molecule has 0 aliphatic carbocycles. The van der Waals surface area contributed by atoms with E-state index in [0.29, 0.717) is 37.7 Å². The smallest absolute Gasteiger partial charge is 0.273 e. The van der Waals surface area contributed by atoms with Crippen LogP contribution in [0.4, 0.5) is 0 Å². The number of carbonyl (C=O) groups excluding carboxylic acids is 1.